The van der Waals surface area contributed by atoms with Crippen LogP contribution in [0.15, 0.2) is 48.5 Å². The molecule has 0 aliphatic carbocycles. The summed E-state index contributed by atoms with van der Waals surface area (Å²) >= 11 is 0. The first-order chi connectivity index (χ1) is 13.6. The first-order valence-corrected chi connectivity index (χ1v) is 8.95. The Hall–Kier alpha value is -3.06. The molecule has 1 N–H and O–H groups in total. The summed E-state index contributed by atoms with van der Waals surface area (Å²) in [6.07, 6.45) is -0.201. The number of rotatable bonds is 7. The Morgan fingerprint density at radius 2 is 1.89 bits per heavy atom. The van der Waals surface area contributed by atoms with Gasteiger partial charge in [0.2, 0.25) is 5.91 Å². The first-order valence-electron chi connectivity index (χ1n) is 8.95. The van der Waals surface area contributed by atoms with E-state index in [0.717, 1.165) is 10.5 Å². The predicted molar refractivity (Wildman–Crippen MR) is 102 cm³/mol. The van der Waals surface area contributed by atoms with Crippen LogP contribution in [0, 0.1) is 0 Å². The maximum Gasteiger partial charge on any atom is 0.417 e. The van der Waals surface area contributed by atoms with Crippen LogP contribution in [0.4, 0.5) is 4.79 Å². The summed E-state index contributed by atoms with van der Waals surface area (Å²) < 4.78 is 15.6. The topological polar surface area (TPSA) is 85.3 Å². The van der Waals surface area contributed by atoms with E-state index in [-0.39, 0.29) is 6.61 Å². The predicted octanol–water partition coefficient (Wildman–Crippen LogP) is 2.37. The molecule has 0 aromatic heterocycles. The normalized spacial score (nSPS) is 17.2. The van der Waals surface area contributed by atoms with Gasteiger partial charge in [-0.1, -0.05) is 36.4 Å². The third-order valence-corrected chi connectivity index (χ3v) is 4.80. The molecular weight excluding hydrogens is 362 g/mol. The third kappa shape index (κ3) is 3.94. The van der Waals surface area contributed by atoms with E-state index in [2.05, 4.69) is 0 Å². The molecule has 2 aromatic rings. The van der Waals surface area contributed by atoms with Crippen LogP contribution >= 0.6 is 0 Å². The minimum Gasteiger partial charge on any atom is -0.493 e. The van der Waals surface area contributed by atoms with Crippen molar-refractivity contribution < 1.29 is 28.9 Å². The molecule has 1 fully saturated rings. The van der Waals surface area contributed by atoms with Crippen molar-refractivity contribution in [3.05, 3.63) is 59.7 Å². The van der Waals surface area contributed by atoms with Crippen LogP contribution in [-0.4, -0.2) is 55.5 Å². The lowest BCUT2D eigenvalue weighted by molar-refractivity contribution is -0.131. The average Bonchev–Trinajstić information content (AvgIpc) is 3.09. The van der Waals surface area contributed by atoms with E-state index in [1.54, 1.807) is 18.2 Å². The molecular formula is C21H23NO6. The minimum absolute atomic E-state index is 0.129. The summed E-state index contributed by atoms with van der Waals surface area (Å²) in [5.41, 5.74) is 1.53. The molecule has 1 aliphatic heterocycles. The Bertz CT molecular complexity index is 838. The molecule has 0 spiro atoms. The fraction of sp³-hybridized carbons (Fsp3) is 0.333. The second kappa shape index (κ2) is 8.75. The zero-order valence-electron chi connectivity index (χ0n) is 15.8. The molecule has 0 saturated carbocycles. The Labute approximate surface area is 163 Å². The Kier molecular flexibility index (Phi) is 6.16. The largest absolute Gasteiger partial charge is 0.493 e. The van der Waals surface area contributed by atoms with Crippen LogP contribution in [-0.2, 0) is 16.0 Å². The van der Waals surface area contributed by atoms with Gasteiger partial charge in [-0.2, -0.15) is 0 Å². The van der Waals surface area contributed by atoms with Gasteiger partial charge in [0.1, 0.15) is 6.61 Å². The van der Waals surface area contributed by atoms with Crippen molar-refractivity contribution in [2.75, 3.05) is 27.4 Å². The first kappa shape index (κ1) is 19.7. The van der Waals surface area contributed by atoms with Crippen molar-refractivity contribution in [1.82, 2.24) is 4.90 Å². The molecule has 1 aliphatic rings. The second-order valence-corrected chi connectivity index (χ2v) is 6.48. The van der Waals surface area contributed by atoms with Crippen LogP contribution in [0.2, 0.25) is 0 Å². The highest BCUT2D eigenvalue weighted by atomic mass is 16.6. The van der Waals surface area contributed by atoms with Crippen LogP contribution in [0.1, 0.15) is 17.0 Å². The molecule has 1 saturated heterocycles. The maximum atomic E-state index is 13.1. The number of carbonyl (C=O) groups is 2. The summed E-state index contributed by atoms with van der Waals surface area (Å²) in [5.74, 6) is -0.462. The summed E-state index contributed by atoms with van der Waals surface area (Å²) in [4.78, 5) is 26.5. The van der Waals surface area contributed by atoms with E-state index in [9.17, 15) is 14.7 Å². The van der Waals surface area contributed by atoms with Crippen LogP contribution < -0.4 is 9.47 Å². The quantitative estimate of drug-likeness (QED) is 0.788. The van der Waals surface area contributed by atoms with Gasteiger partial charge in [-0.05, 0) is 29.7 Å². The van der Waals surface area contributed by atoms with Gasteiger partial charge in [0.25, 0.3) is 0 Å². The number of hydrogen-bond acceptors (Lipinski definition) is 6. The third-order valence-electron chi connectivity index (χ3n) is 4.80. The fourth-order valence-electron chi connectivity index (χ4n) is 3.33. The number of nitrogens with zero attached hydrogens (tertiary/aromatic N) is 1. The van der Waals surface area contributed by atoms with Gasteiger partial charge in [-0.3, -0.25) is 4.79 Å². The number of cyclic esters (lactones) is 1. The number of aliphatic hydroxyl groups is 1. The molecule has 1 heterocycles. The second-order valence-electron chi connectivity index (χ2n) is 6.48. The molecule has 0 bridgehead atoms. The molecule has 2 amide bonds. The maximum absolute atomic E-state index is 13.1. The average molecular weight is 385 g/mol. The summed E-state index contributed by atoms with van der Waals surface area (Å²) in [7, 11) is 3.01. The van der Waals surface area contributed by atoms with Gasteiger partial charge in [-0.25, -0.2) is 9.69 Å². The van der Waals surface area contributed by atoms with E-state index in [1.807, 2.05) is 30.3 Å². The molecule has 148 valence electrons. The lowest BCUT2D eigenvalue weighted by Gasteiger charge is -2.24. The number of amides is 2. The molecule has 3 rings (SSSR count). The summed E-state index contributed by atoms with van der Waals surface area (Å²) in [6, 6.07) is 14.1. The molecule has 0 unspecified atom stereocenters. The summed E-state index contributed by atoms with van der Waals surface area (Å²) in [5, 5.41) is 9.89. The van der Waals surface area contributed by atoms with Crippen molar-refractivity contribution in [1.29, 1.82) is 0 Å². The monoisotopic (exact) mass is 385 g/mol. The number of carbonyl (C=O) groups excluding carboxylic acids is 2. The standard InChI is InChI=1S/C21H23NO6/c1-26-18-9-8-15(11-19(18)27-2)17(12-23)20(24)22-16(13-28-21(22)25)10-14-6-4-3-5-7-14/h3-9,11,16-17,23H,10,12-13H2,1-2H3/t16-,17-/m0/s1. The zero-order valence-corrected chi connectivity index (χ0v) is 15.8. The number of benzene rings is 2. The molecule has 0 radical (unpaired) electrons. The number of hydrogen-bond donors (Lipinski definition) is 1. The number of ether oxygens (including phenoxy) is 3. The highest BCUT2D eigenvalue weighted by Gasteiger charge is 2.41. The fourth-order valence-corrected chi connectivity index (χ4v) is 3.33. The Morgan fingerprint density at radius 3 is 2.54 bits per heavy atom. The highest BCUT2D eigenvalue weighted by molar-refractivity contribution is 5.97. The van der Waals surface area contributed by atoms with E-state index in [0.29, 0.717) is 23.5 Å². The number of aliphatic hydroxyl groups excluding tert-OH is 1. The van der Waals surface area contributed by atoms with Gasteiger partial charge in [0, 0.05) is 0 Å². The van der Waals surface area contributed by atoms with Crippen LogP contribution in [0.3, 0.4) is 0 Å². The Balaban J connectivity index is 1.85. The van der Waals surface area contributed by atoms with E-state index in [1.165, 1.54) is 14.2 Å². The molecule has 2 aromatic carbocycles. The zero-order chi connectivity index (χ0) is 20.1. The van der Waals surface area contributed by atoms with E-state index in [4.69, 9.17) is 14.2 Å². The number of imide groups is 1. The molecule has 7 heteroatoms. The molecule has 7 nitrogen and oxygen atoms in total. The van der Waals surface area contributed by atoms with Crippen LogP contribution in [0.5, 0.6) is 11.5 Å². The van der Waals surface area contributed by atoms with Crippen LogP contribution in [0.25, 0.3) is 0 Å². The lowest BCUT2D eigenvalue weighted by atomic mass is 9.96. The number of methoxy groups -OCH3 is 2. The van der Waals surface area contributed by atoms with Crippen molar-refractivity contribution in [3.63, 3.8) is 0 Å². The van der Waals surface area contributed by atoms with Crippen molar-refractivity contribution in [2.45, 2.75) is 18.4 Å². The lowest BCUT2D eigenvalue weighted by Crippen LogP contribution is -2.43. The molecule has 2 atom stereocenters. The Morgan fingerprint density at radius 1 is 1.18 bits per heavy atom. The summed E-state index contributed by atoms with van der Waals surface area (Å²) in [6.45, 7) is -0.320. The van der Waals surface area contributed by atoms with Gasteiger partial charge in [-0.15, -0.1) is 0 Å². The van der Waals surface area contributed by atoms with Crippen molar-refractivity contribution >= 4 is 12.0 Å². The smallest absolute Gasteiger partial charge is 0.417 e. The van der Waals surface area contributed by atoms with Crippen molar-refractivity contribution in [2.24, 2.45) is 0 Å². The molecule has 28 heavy (non-hydrogen) atoms. The van der Waals surface area contributed by atoms with Gasteiger partial charge < -0.3 is 19.3 Å². The highest BCUT2D eigenvalue weighted by Crippen LogP contribution is 2.32. The van der Waals surface area contributed by atoms with Gasteiger partial charge in [0.15, 0.2) is 11.5 Å². The van der Waals surface area contributed by atoms with E-state index >= 15 is 0 Å². The van der Waals surface area contributed by atoms with Crippen molar-refractivity contribution in [3.8, 4) is 11.5 Å². The van der Waals surface area contributed by atoms with E-state index < -0.39 is 30.6 Å². The van der Waals surface area contributed by atoms with Gasteiger partial charge >= 0.3 is 6.09 Å². The van der Waals surface area contributed by atoms with Gasteiger partial charge in [0.05, 0.1) is 32.8 Å². The minimum atomic E-state index is -0.913. The SMILES string of the molecule is COc1ccc([C@H](CO)C(=O)N2C(=O)OC[C@@H]2Cc2ccccc2)cc1OC.